The van der Waals surface area contributed by atoms with E-state index in [-0.39, 0.29) is 0 Å². The van der Waals surface area contributed by atoms with Crippen molar-refractivity contribution in [3.8, 4) is 0 Å². The number of aromatic nitrogens is 2. The minimum Gasteiger partial charge on any atom is -0.139 e. The summed E-state index contributed by atoms with van der Waals surface area (Å²) in [6.45, 7) is 4.12. The molecule has 0 atom stereocenters. The van der Waals surface area contributed by atoms with Crippen molar-refractivity contribution in [1.82, 2.24) is 9.59 Å². The van der Waals surface area contributed by atoms with Crippen LogP contribution in [0.25, 0.3) is 6.08 Å². The molecular weight excluding hydrogens is 156 g/mol. The highest BCUT2D eigenvalue weighted by atomic mass is 32.1. The predicted molar refractivity (Wildman–Crippen MR) is 48.4 cm³/mol. The van der Waals surface area contributed by atoms with E-state index in [0.717, 1.165) is 5.69 Å². The third-order valence-corrected chi connectivity index (χ3v) is 1.60. The van der Waals surface area contributed by atoms with E-state index in [9.17, 15) is 0 Å². The average Bonchev–Trinajstić information content (AvgIpc) is 2.39. The molecule has 3 heteroatoms. The molecule has 0 aromatic carbocycles. The van der Waals surface area contributed by atoms with Gasteiger partial charge in [0.1, 0.15) is 0 Å². The first-order chi connectivity index (χ1) is 5.29. The van der Waals surface area contributed by atoms with Crippen molar-refractivity contribution in [2.24, 2.45) is 0 Å². The summed E-state index contributed by atoms with van der Waals surface area (Å²) in [6.07, 6.45) is 5.96. The van der Waals surface area contributed by atoms with Crippen molar-refractivity contribution >= 4 is 17.6 Å². The third-order valence-electron chi connectivity index (χ3n) is 1.07. The average molecular weight is 166 g/mol. The van der Waals surface area contributed by atoms with E-state index < -0.39 is 0 Å². The highest BCUT2D eigenvalue weighted by Crippen LogP contribution is 2.00. The molecule has 0 aliphatic rings. The molecule has 0 unspecified atom stereocenters. The van der Waals surface area contributed by atoms with Gasteiger partial charge in [-0.2, -0.15) is 0 Å². The van der Waals surface area contributed by atoms with E-state index in [0.29, 0.717) is 0 Å². The molecular formula is C8H10N2S. The molecule has 0 aliphatic carbocycles. The zero-order valence-corrected chi connectivity index (χ0v) is 7.43. The Labute approximate surface area is 70.4 Å². The van der Waals surface area contributed by atoms with E-state index in [2.05, 4.69) is 23.4 Å². The molecule has 1 rings (SSSR count). The van der Waals surface area contributed by atoms with Crippen LogP contribution in [0.3, 0.4) is 0 Å². The van der Waals surface area contributed by atoms with E-state index >= 15 is 0 Å². The maximum atomic E-state index is 3.87. The van der Waals surface area contributed by atoms with Gasteiger partial charge in [0.15, 0.2) is 0 Å². The minimum absolute atomic E-state index is 0.924. The Morgan fingerprint density at radius 2 is 2.36 bits per heavy atom. The van der Waals surface area contributed by atoms with Gasteiger partial charge in [-0.15, -0.1) is 5.10 Å². The van der Waals surface area contributed by atoms with Crippen molar-refractivity contribution in [1.29, 1.82) is 0 Å². The molecule has 11 heavy (non-hydrogen) atoms. The Hall–Kier alpha value is -0.960. The van der Waals surface area contributed by atoms with Gasteiger partial charge in [-0.1, -0.05) is 22.2 Å². The van der Waals surface area contributed by atoms with Gasteiger partial charge in [0, 0.05) is 5.38 Å². The molecule has 0 N–H and O–H groups in total. The molecule has 0 bridgehead atoms. The lowest BCUT2D eigenvalue weighted by Gasteiger charge is -1.81. The lowest BCUT2D eigenvalue weighted by atomic mass is 10.3. The number of nitrogens with zero attached hydrogens (tertiary/aromatic N) is 2. The third kappa shape index (κ3) is 3.09. The van der Waals surface area contributed by atoms with Crippen LogP contribution in [0.5, 0.6) is 0 Å². The summed E-state index contributed by atoms with van der Waals surface area (Å²) in [5.41, 5.74) is 2.21. The highest BCUT2D eigenvalue weighted by Gasteiger charge is 1.85. The first kappa shape index (κ1) is 8.14. The van der Waals surface area contributed by atoms with Crippen molar-refractivity contribution in [3.05, 3.63) is 28.8 Å². The SMILES string of the molecule is CC(C)=C/C=C/c1csnn1. The Morgan fingerprint density at radius 3 is 2.91 bits per heavy atom. The van der Waals surface area contributed by atoms with Crippen LogP contribution < -0.4 is 0 Å². The van der Waals surface area contributed by atoms with Crippen LogP contribution in [0.4, 0.5) is 0 Å². The zero-order chi connectivity index (χ0) is 8.10. The maximum absolute atomic E-state index is 3.87. The highest BCUT2D eigenvalue weighted by molar-refractivity contribution is 7.03. The summed E-state index contributed by atoms with van der Waals surface area (Å²) in [4.78, 5) is 0. The zero-order valence-electron chi connectivity index (χ0n) is 6.61. The second-order valence-corrected chi connectivity index (χ2v) is 3.04. The topological polar surface area (TPSA) is 25.8 Å². The van der Waals surface area contributed by atoms with Crippen LogP contribution in [0.2, 0.25) is 0 Å². The van der Waals surface area contributed by atoms with Crippen molar-refractivity contribution in [3.63, 3.8) is 0 Å². The summed E-state index contributed by atoms with van der Waals surface area (Å²) in [7, 11) is 0. The van der Waals surface area contributed by atoms with Crippen LogP contribution in [0.1, 0.15) is 19.5 Å². The second-order valence-electron chi connectivity index (χ2n) is 2.43. The maximum Gasteiger partial charge on any atom is 0.0981 e. The van der Waals surface area contributed by atoms with E-state index in [1.807, 2.05) is 23.6 Å². The van der Waals surface area contributed by atoms with E-state index in [1.54, 1.807) is 0 Å². The van der Waals surface area contributed by atoms with Gasteiger partial charge in [0.25, 0.3) is 0 Å². The quantitative estimate of drug-likeness (QED) is 0.631. The second kappa shape index (κ2) is 4.03. The minimum atomic E-state index is 0.924. The van der Waals surface area contributed by atoms with Crippen LogP contribution in [-0.4, -0.2) is 9.59 Å². The fraction of sp³-hybridized carbons (Fsp3) is 0.250. The van der Waals surface area contributed by atoms with Crippen LogP contribution >= 0.6 is 11.5 Å². The summed E-state index contributed by atoms with van der Waals surface area (Å²) < 4.78 is 3.74. The molecule has 1 aromatic rings. The molecule has 0 saturated heterocycles. The number of rotatable bonds is 2. The summed E-state index contributed by atoms with van der Waals surface area (Å²) in [5, 5.41) is 5.78. The van der Waals surface area contributed by atoms with Gasteiger partial charge in [0.05, 0.1) is 5.69 Å². The summed E-state index contributed by atoms with van der Waals surface area (Å²) in [6, 6.07) is 0. The fourth-order valence-corrected chi connectivity index (χ4v) is 1.01. The van der Waals surface area contributed by atoms with Crippen molar-refractivity contribution < 1.29 is 0 Å². The van der Waals surface area contributed by atoms with Gasteiger partial charge >= 0.3 is 0 Å². The van der Waals surface area contributed by atoms with Gasteiger partial charge in [-0.05, 0) is 31.5 Å². The molecule has 58 valence electrons. The van der Waals surface area contributed by atoms with Crippen LogP contribution in [0.15, 0.2) is 23.1 Å². The first-order valence-electron chi connectivity index (χ1n) is 3.37. The van der Waals surface area contributed by atoms with Gasteiger partial charge in [-0.25, -0.2) is 0 Å². The molecule has 0 spiro atoms. The smallest absolute Gasteiger partial charge is 0.0981 e. The van der Waals surface area contributed by atoms with Gasteiger partial charge in [0.2, 0.25) is 0 Å². The normalized spacial score (nSPS) is 10.4. The largest absolute Gasteiger partial charge is 0.139 e. The van der Waals surface area contributed by atoms with Gasteiger partial charge in [-0.3, -0.25) is 0 Å². The van der Waals surface area contributed by atoms with Crippen molar-refractivity contribution in [2.45, 2.75) is 13.8 Å². The lowest BCUT2D eigenvalue weighted by molar-refractivity contribution is 1.14. The Balaban J connectivity index is 2.56. The fourth-order valence-electron chi connectivity index (χ4n) is 0.584. The molecule has 1 heterocycles. The van der Waals surface area contributed by atoms with Crippen LogP contribution in [-0.2, 0) is 0 Å². The Morgan fingerprint density at radius 1 is 1.55 bits per heavy atom. The molecule has 1 aromatic heterocycles. The molecule has 2 nitrogen and oxygen atoms in total. The van der Waals surface area contributed by atoms with Gasteiger partial charge < -0.3 is 0 Å². The van der Waals surface area contributed by atoms with Crippen molar-refractivity contribution in [2.75, 3.05) is 0 Å². The molecule has 0 amide bonds. The Kier molecular flexibility index (Phi) is 2.98. The predicted octanol–water partition coefficient (Wildman–Crippen LogP) is 2.52. The summed E-state index contributed by atoms with van der Waals surface area (Å²) in [5.74, 6) is 0. The number of allylic oxidation sites excluding steroid dienone is 3. The van der Waals surface area contributed by atoms with E-state index in [4.69, 9.17) is 0 Å². The molecule has 0 fully saturated rings. The number of hydrogen-bond donors (Lipinski definition) is 0. The van der Waals surface area contributed by atoms with E-state index in [1.165, 1.54) is 17.1 Å². The first-order valence-corrected chi connectivity index (χ1v) is 4.21. The van der Waals surface area contributed by atoms with Crippen LogP contribution in [0, 0.1) is 0 Å². The summed E-state index contributed by atoms with van der Waals surface area (Å²) >= 11 is 1.37. The molecule has 0 radical (unpaired) electrons. The molecule has 0 aliphatic heterocycles. The Bertz CT molecular complexity index is 256. The monoisotopic (exact) mass is 166 g/mol. The standard InChI is InChI=1S/C8H10N2S/c1-7(2)4-3-5-8-6-11-10-9-8/h3-6H,1-2H3/b5-3+. The molecule has 0 saturated carbocycles. The lowest BCUT2D eigenvalue weighted by Crippen LogP contribution is -1.69. The number of hydrogen-bond acceptors (Lipinski definition) is 3.